The minimum atomic E-state index is -0.697. The Kier molecular flexibility index (Phi) is 3.37. The number of benzene rings is 2. The van der Waals surface area contributed by atoms with Crippen LogP contribution in [0, 0.1) is 11.6 Å². The second-order valence-electron chi connectivity index (χ2n) is 5.01. The summed E-state index contributed by atoms with van der Waals surface area (Å²) in [5.74, 6) is -1.11. The van der Waals surface area contributed by atoms with Gasteiger partial charge in [-0.3, -0.25) is 4.79 Å². The molecule has 0 aliphatic carbocycles. The molecule has 0 amide bonds. The van der Waals surface area contributed by atoms with Gasteiger partial charge in [-0.1, -0.05) is 30.8 Å². The SMILES string of the molecule is C=C(C)c1oc2cccc(F)c2c(=O)c1-c1ccccc1F. The van der Waals surface area contributed by atoms with Gasteiger partial charge in [0.15, 0.2) is 0 Å². The zero-order valence-electron chi connectivity index (χ0n) is 11.8. The highest BCUT2D eigenvalue weighted by Crippen LogP contribution is 2.30. The van der Waals surface area contributed by atoms with E-state index in [9.17, 15) is 13.6 Å². The molecule has 0 aliphatic heterocycles. The molecule has 0 N–H and O–H groups in total. The van der Waals surface area contributed by atoms with E-state index in [1.54, 1.807) is 13.0 Å². The van der Waals surface area contributed by atoms with Gasteiger partial charge in [0, 0.05) is 5.56 Å². The van der Waals surface area contributed by atoms with Crippen LogP contribution in [0.1, 0.15) is 12.7 Å². The summed E-state index contributed by atoms with van der Waals surface area (Å²) in [6, 6.07) is 9.94. The van der Waals surface area contributed by atoms with Gasteiger partial charge >= 0.3 is 0 Å². The Bertz CT molecular complexity index is 955. The third kappa shape index (κ3) is 2.13. The van der Waals surface area contributed by atoms with E-state index < -0.39 is 17.1 Å². The molecular weight excluding hydrogens is 286 g/mol. The lowest BCUT2D eigenvalue weighted by molar-refractivity contribution is 0.578. The highest BCUT2D eigenvalue weighted by molar-refractivity contribution is 5.87. The second kappa shape index (κ2) is 5.22. The number of allylic oxidation sites excluding steroid dienone is 1. The average molecular weight is 298 g/mol. The monoisotopic (exact) mass is 298 g/mol. The van der Waals surface area contributed by atoms with Crippen LogP contribution in [-0.4, -0.2) is 0 Å². The van der Waals surface area contributed by atoms with Crippen LogP contribution >= 0.6 is 0 Å². The number of rotatable bonds is 2. The molecule has 22 heavy (non-hydrogen) atoms. The summed E-state index contributed by atoms with van der Waals surface area (Å²) in [6.45, 7) is 5.41. The summed E-state index contributed by atoms with van der Waals surface area (Å²) < 4.78 is 33.7. The van der Waals surface area contributed by atoms with Crippen molar-refractivity contribution in [1.29, 1.82) is 0 Å². The van der Waals surface area contributed by atoms with Gasteiger partial charge in [-0.05, 0) is 30.7 Å². The van der Waals surface area contributed by atoms with E-state index in [1.165, 1.54) is 36.4 Å². The van der Waals surface area contributed by atoms with Gasteiger partial charge in [0.25, 0.3) is 0 Å². The van der Waals surface area contributed by atoms with Gasteiger partial charge in [0.1, 0.15) is 28.4 Å². The molecule has 3 rings (SSSR count). The maximum Gasteiger partial charge on any atom is 0.204 e. The van der Waals surface area contributed by atoms with Crippen LogP contribution in [0.5, 0.6) is 0 Å². The number of fused-ring (bicyclic) bond motifs is 1. The van der Waals surface area contributed by atoms with Gasteiger partial charge in [0.05, 0.1) is 5.56 Å². The first kappa shape index (κ1) is 14.2. The molecule has 0 saturated carbocycles. The minimum Gasteiger partial charge on any atom is -0.455 e. The van der Waals surface area contributed by atoms with Gasteiger partial charge < -0.3 is 4.42 Å². The van der Waals surface area contributed by atoms with E-state index >= 15 is 0 Å². The first-order valence-corrected chi connectivity index (χ1v) is 6.67. The molecule has 2 nitrogen and oxygen atoms in total. The van der Waals surface area contributed by atoms with Crippen molar-refractivity contribution in [1.82, 2.24) is 0 Å². The molecule has 0 atom stereocenters. The van der Waals surface area contributed by atoms with Gasteiger partial charge in [-0.25, -0.2) is 8.78 Å². The average Bonchev–Trinajstić information content (AvgIpc) is 2.48. The fourth-order valence-corrected chi connectivity index (χ4v) is 2.41. The van der Waals surface area contributed by atoms with E-state index in [2.05, 4.69) is 6.58 Å². The quantitative estimate of drug-likeness (QED) is 0.682. The molecule has 0 unspecified atom stereocenters. The maximum absolute atomic E-state index is 14.1. The van der Waals surface area contributed by atoms with Gasteiger partial charge in [0.2, 0.25) is 5.43 Å². The molecule has 0 fully saturated rings. The predicted octanol–water partition coefficient (Wildman–Crippen LogP) is 4.77. The summed E-state index contributed by atoms with van der Waals surface area (Å²) in [6.07, 6.45) is 0. The molecule has 0 aliphatic rings. The molecule has 4 heteroatoms. The van der Waals surface area contributed by atoms with Crippen molar-refractivity contribution in [3.63, 3.8) is 0 Å². The molecule has 0 saturated heterocycles. The van der Waals surface area contributed by atoms with Crippen LogP contribution in [0.2, 0.25) is 0 Å². The summed E-state index contributed by atoms with van der Waals surface area (Å²) in [5, 5.41) is -0.189. The minimum absolute atomic E-state index is 0.0109. The maximum atomic E-state index is 14.1. The molecule has 0 radical (unpaired) electrons. The number of halogens is 2. The highest BCUT2D eigenvalue weighted by atomic mass is 19.1. The van der Waals surface area contributed by atoms with Crippen LogP contribution in [0.25, 0.3) is 27.7 Å². The van der Waals surface area contributed by atoms with Crippen molar-refractivity contribution in [2.75, 3.05) is 0 Å². The lowest BCUT2D eigenvalue weighted by Crippen LogP contribution is -2.10. The summed E-state index contributed by atoms with van der Waals surface area (Å²) in [4.78, 5) is 12.7. The number of hydrogen-bond acceptors (Lipinski definition) is 2. The molecule has 110 valence electrons. The Morgan fingerprint density at radius 1 is 1.05 bits per heavy atom. The molecule has 0 bridgehead atoms. The Balaban J connectivity index is 2.53. The van der Waals surface area contributed by atoms with E-state index in [0.717, 1.165) is 0 Å². The van der Waals surface area contributed by atoms with E-state index in [-0.39, 0.29) is 27.9 Å². The van der Waals surface area contributed by atoms with Crippen molar-refractivity contribution >= 4 is 16.5 Å². The van der Waals surface area contributed by atoms with Crippen molar-refractivity contribution in [2.45, 2.75) is 6.92 Å². The van der Waals surface area contributed by atoms with Crippen molar-refractivity contribution in [3.05, 3.63) is 76.7 Å². The van der Waals surface area contributed by atoms with Crippen LogP contribution in [0.15, 0.2) is 58.3 Å². The van der Waals surface area contributed by atoms with Crippen molar-refractivity contribution in [2.24, 2.45) is 0 Å². The molecular formula is C18H12F2O2. The Hall–Kier alpha value is -2.75. The summed E-state index contributed by atoms with van der Waals surface area (Å²) >= 11 is 0. The van der Waals surface area contributed by atoms with E-state index in [1.807, 2.05) is 0 Å². The fraction of sp³-hybridized carbons (Fsp3) is 0.0556. The molecule has 1 heterocycles. The molecule has 1 aromatic heterocycles. The smallest absolute Gasteiger partial charge is 0.204 e. The Morgan fingerprint density at radius 3 is 2.41 bits per heavy atom. The van der Waals surface area contributed by atoms with E-state index in [0.29, 0.717) is 5.57 Å². The van der Waals surface area contributed by atoms with Crippen LogP contribution in [-0.2, 0) is 0 Å². The van der Waals surface area contributed by atoms with Crippen LogP contribution < -0.4 is 5.43 Å². The fourth-order valence-electron chi connectivity index (χ4n) is 2.41. The second-order valence-corrected chi connectivity index (χ2v) is 5.01. The topological polar surface area (TPSA) is 30.2 Å². The van der Waals surface area contributed by atoms with Gasteiger partial charge in [-0.2, -0.15) is 0 Å². The first-order valence-electron chi connectivity index (χ1n) is 6.67. The third-order valence-electron chi connectivity index (χ3n) is 3.40. The number of hydrogen-bond donors (Lipinski definition) is 0. The standard InChI is InChI=1S/C18H12F2O2/c1-10(2)18-15(11-6-3-4-7-12(11)19)17(21)16-13(20)8-5-9-14(16)22-18/h3-9H,1H2,2H3. The van der Waals surface area contributed by atoms with Crippen LogP contribution in [0.3, 0.4) is 0 Å². The normalized spacial score (nSPS) is 10.9. The lowest BCUT2D eigenvalue weighted by Gasteiger charge is -2.11. The van der Waals surface area contributed by atoms with Crippen LogP contribution in [0.4, 0.5) is 8.78 Å². The van der Waals surface area contributed by atoms with E-state index in [4.69, 9.17) is 4.42 Å². The largest absolute Gasteiger partial charge is 0.455 e. The molecule has 3 aromatic rings. The zero-order valence-corrected chi connectivity index (χ0v) is 11.8. The lowest BCUT2D eigenvalue weighted by atomic mass is 9.99. The molecule has 0 spiro atoms. The van der Waals surface area contributed by atoms with Crippen molar-refractivity contribution < 1.29 is 13.2 Å². The molecule has 2 aromatic carbocycles. The van der Waals surface area contributed by atoms with Crippen molar-refractivity contribution in [3.8, 4) is 11.1 Å². The first-order chi connectivity index (χ1) is 10.5. The summed E-state index contributed by atoms with van der Waals surface area (Å²) in [7, 11) is 0. The third-order valence-corrected chi connectivity index (χ3v) is 3.40. The Labute approximate surface area is 125 Å². The predicted molar refractivity (Wildman–Crippen MR) is 82.5 cm³/mol. The van der Waals surface area contributed by atoms with Gasteiger partial charge in [-0.15, -0.1) is 0 Å². The highest BCUT2D eigenvalue weighted by Gasteiger charge is 2.20. The Morgan fingerprint density at radius 2 is 1.73 bits per heavy atom. The summed E-state index contributed by atoms with van der Waals surface area (Å²) in [5.41, 5.74) is 0.0228. The zero-order chi connectivity index (χ0) is 15.9.